The first kappa shape index (κ1) is 5.16. The molecule has 1 aliphatic heterocycles. The fourth-order valence-electron chi connectivity index (χ4n) is 0.448. The smallest absolute Gasteiger partial charge is 0.139 e. The van der Waals surface area contributed by atoms with Crippen molar-refractivity contribution < 1.29 is 9.45 Å². The van der Waals surface area contributed by atoms with E-state index in [1.54, 1.807) is 6.08 Å². The van der Waals surface area contributed by atoms with Gasteiger partial charge in [0.05, 0.1) is 0 Å². The van der Waals surface area contributed by atoms with Gasteiger partial charge in [-0.25, -0.2) is 5.47 Å². The summed E-state index contributed by atoms with van der Waals surface area (Å²) >= 11 is 0. The fraction of sp³-hybridized carbons (Fsp3) is 0. The molecule has 0 spiro atoms. The van der Waals surface area contributed by atoms with Crippen LogP contribution in [0, 0.1) is 0 Å². The van der Waals surface area contributed by atoms with E-state index in [9.17, 15) is 4.79 Å². The molecule has 1 rings (SSSR count). The maximum atomic E-state index is 9.78. The summed E-state index contributed by atoms with van der Waals surface area (Å²) in [4.78, 5) is 9.78. The van der Waals surface area contributed by atoms with Gasteiger partial charge < -0.3 is 4.65 Å². The molecule has 0 amide bonds. The molecule has 0 saturated heterocycles. The van der Waals surface area contributed by atoms with Crippen LogP contribution in [0.1, 0.15) is 0 Å². The van der Waals surface area contributed by atoms with Gasteiger partial charge in [-0.05, 0) is 0 Å². The second-order valence-corrected chi connectivity index (χ2v) is 1.36. The number of allylic oxidation sites excluding steroid dienone is 3. The van der Waals surface area contributed by atoms with E-state index in [4.69, 9.17) is 0 Å². The highest BCUT2D eigenvalue weighted by Crippen LogP contribution is 2.01. The van der Waals surface area contributed by atoms with E-state index in [-0.39, 0.29) is 0 Å². The van der Waals surface area contributed by atoms with Crippen LogP contribution in [0.25, 0.3) is 0 Å². The van der Waals surface area contributed by atoms with Crippen LogP contribution in [-0.2, 0) is 9.45 Å². The molecule has 0 saturated carbocycles. The van der Waals surface area contributed by atoms with Crippen LogP contribution in [0.5, 0.6) is 0 Å². The Kier molecular flexibility index (Phi) is 1.52. The Balaban J connectivity index is 2.58. The first-order chi connectivity index (χ1) is 3.93. The molecule has 1 aliphatic rings. The highest BCUT2D eigenvalue weighted by molar-refractivity contribution is 6.41. The van der Waals surface area contributed by atoms with Crippen LogP contribution < -0.4 is 0 Å². The van der Waals surface area contributed by atoms with Crippen molar-refractivity contribution in [3.63, 3.8) is 0 Å². The molecule has 3 heteroatoms. The largest absolute Gasteiger partial charge is 0.776 e. The van der Waals surface area contributed by atoms with Crippen molar-refractivity contribution in [1.29, 1.82) is 0 Å². The monoisotopic (exact) mass is 107 g/mol. The van der Waals surface area contributed by atoms with E-state index in [2.05, 4.69) is 4.65 Å². The lowest BCUT2D eigenvalue weighted by Gasteiger charge is -2.05. The summed E-state index contributed by atoms with van der Waals surface area (Å²) in [6.07, 6.45) is 5.40. The van der Waals surface area contributed by atoms with Crippen LogP contribution in [0.2, 0.25) is 0 Å². The third-order valence-electron chi connectivity index (χ3n) is 0.804. The van der Waals surface area contributed by atoms with Crippen molar-refractivity contribution in [2.45, 2.75) is 0 Å². The van der Waals surface area contributed by atoms with E-state index < -0.39 is 0 Å². The average Bonchev–Trinajstić information content (AvgIpc) is 2.19. The molecular formula is C5H4BO2-. The summed E-state index contributed by atoms with van der Waals surface area (Å²) in [6, 6.07) is 0. The van der Waals surface area contributed by atoms with Gasteiger partial charge in [-0.2, -0.15) is 0 Å². The molecule has 2 radical (unpaired) electrons. The Morgan fingerprint density at radius 1 is 1.75 bits per heavy atom. The average molecular weight is 107 g/mol. The first-order valence-electron chi connectivity index (χ1n) is 2.24. The minimum Gasteiger partial charge on any atom is -0.776 e. The van der Waals surface area contributed by atoms with E-state index in [1.165, 1.54) is 19.8 Å². The number of carbonyl (C=O) groups is 1. The third kappa shape index (κ3) is 0.995. The van der Waals surface area contributed by atoms with Crippen LogP contribution in [0.15, 0.2) is 23.9 Å². The topological polar surface area (TPSA) is 26.3 Å². The molecule has 0 aromatic rings. The highest BCUT2D eigenvalue weighted by atomic mass is 16.4. The Morgan fingerprint density at radius 2 is 2.62 bits per heavy atom. The molecule has 0 aromatic carbocycles. The fourth-order valence-corrected chi connectivity index (χ4v) is 0.448. The first-order valence-corrected chi connectivity index (χ1v) is 2.24. The zero-order chi connectivity index (χ0) is 5.82. The zero-order valence-corrected chi connectivity index (χ0v) is 4.20. The van der Waals surface area contributed by atoms with Gasteiger partial charge in [0.2, 0.25) is 0 Å². The maximum Gasteiger partial charge on any atom is 0.139 e. The molecule has 40 valence electrons. The van der Waals surface area contributed by atoms with Gasteiger partial charge in [0.1, 0.15) is 6.29 Å². The SMILES string of the molecule is O=C/C=C1/[B-]OC=C1. The summed E-state index contributed by atoms with van der Waals surface area (Å²) in [5.74, 6) is 0. The Bertz CT molecular complexity index is 149. The summed E-state index contributed by atoms with van der Waals surface area (Å²) in [5.41, 5.74) is 0.806. The van der Waals surface area contributed by atoms with Gasteiger partial charge in [-0.1, -0.05) is 19.6 Å². The minimum absolute atomic E-state index is 0.727. The molecule has 1 heterocycles. The zero-order valence-electron chi connectivity index (χ0n) is 4.20. The van der Waals surface area contributed by atoms with Gasteiger partial charge in [-0.15, -0.1) is 0 Å². The van der Waals surface area contributed by atoms with Crippen molar-refractivity contribution in [3.8, 4) is 0 Å². The summed E-state index contributed by atoms with van der Waals surface area (Å²) in [7, 11) is 1.51. The predicted octanol–water partition coefficient (Wildman–Crippen LogP) is 0.232. The van der Waals surface area contributed by atoms with Crippen molar-refractivity contribution in [2.75, 3.05) is 0 Å². The van der Waals surface area contributed by atoms with Crippen LogP contribution >= 0.6 is 0 Å². The van der Waals surface area contributed by atoms with Crippen molar-refractivity contribution >= 4 is 13.8 Å². The van der Waals surface area contributed by atoms with Crippen molar-refractivity contribution in [2.24, 2.45) is 0 Å². The van der Waals surface area contributed by atoms with Gasteiger partial charge in [-0.3, -0.25) is 4.79 Å². The van der Waals surface area contributed by atoms with Crippen LogP contribution in [-0.4, -0.2) is 13.8 Å². The van der Waals surface area contributed by atoms with E-state index >= 15 is 0 Å². The van der Waals surface area contributed by atoms with Crippen LogP contribution in [0.3, 0.4) is 0 Å². The van der Waals surface area contributed by atoms with Gasteiger partial charge in [0, 0.05) is 6.26 Å². The molecule has 0 aromatic heterocycles. The number of aldehydes is 1. The molecule has 0 atom stereocenters. The van der Waals surface area contributed by atoms with E-state index in [0.717, 1.165) is 11.8 Å². The molecule has 8 heavy (non-hydrogen) atoms. The van der Waals surface area contributed by atoms with Crippen molar-refractivity contribution in [3.05, 3.63) is 23.9 Å². The lowest BCUT2D eigenvalue weighted by Crippen LogP contribution is -1.87. The maximum absolute atomic E-state index is 9.78. The quantitative estimate of drug-likeness (QED) is 0.272. The lowest BCUT2D eigenvalue weighted by atomic mass is 9.90. The summed E-state index contributed by atoms with van der Waals surface area (Å²) in [6.45, 7) is 0. The molecule has 0 bridgehead atoms. The van der Waals surface area contributed by atoms with E-state index in [1.807, 2.05) is 0 Å². The number of hydrogen-bond acceptors (Lipinski definition) is 2. The summed E-state index contributed by atoms with van der Waals surface area (Å²) < 4.78 is 4.68. The Labute approximate surface area is 48.1 Å². The summed E-state index contributed by atoms with van der Waals surface area (Å²) in [5, 5.41) is 0. The van der Waals surface area contributed by atoms with Crippen LogP contribution in [0.4, 0.5) is 0 Å². The molecule has 0 aliphatic carbocycles. The Morgan fingerprint density at radius 3 is 3.12 bits per heavy atom. The third-order valence-corrected chi connectivity index (χ3v) is 0.804. The number of hydrogen-bond donors (Lipinski definition) is 0. The minimum atomic E-state index is 0.727. The normalized spacial score (nSPS) is 21.2. The number of rotatable bonds is 1. The highest BCUT2D eigenvalue weighted by Gasteiger charge is 1.81. The van der Waals surface area contributed by atoms with Gasteiger partial charge in [0.25, 0.3) is 0 Å². The second kappa shape index (κ2) is 2.35. The van der Waals surface area contributed by atoms with E-state index in [0.29, 0.717) is 0 Å². The standard InChI is InChI=1S/C5H4BO2/c7-3-1-5-2-4-8-6-5/h1-4H/q-1/b5-1+. The second-order valence-electron chi connectivity index (χ2n) is 1.36. The molecular weight excluding hydrogens is 103 g/mol. The molecule has 0 N–H and O–H groups in total. The lowest BCUT2D eigenvalue weighted by molar-refractivity contribution is -0.104. The van der Waals surface area contributed by atoms with Gasteiger partial charge >= 0.3 is 0 Å². The predicted molar refractivity (Wildman–Crippen MR) is 30.1 cm³/mol. The molecule has 0 unspecified atom stereocenters. The molecule has 0 fully saturated rings. The molecule has 2 nitrogen and oxygen atoms in total. The Hall–Kier alpha value is -0.985. The van der Waals surface area contributed by atoms with Gasteiger partial charge in [0.15, 0.2) is 0 Å². The van der Waals surface area contributed by atoms with Crippen molar-refractivity contribution in [1.82, 2.24) is 0 Å². The number of carbonyl (C=O) groups excluding carboxylic acids is 1.